The van der Waals surface area contributed by atoms with Gasteiger partial charge in [0, 0.05) is 18.2 Å². The molecule has 0 radical (unpaired) electrons. The van der Waals surface area contributed by atoms with E-state index in [1.807, 2.05) is 0 Å². The largest absolute Gasteiger partial charge is 0.444 e. The molecule has 0 saturated carbocycles. The van der Waals surface area contributed by atoms with Crippen LogP contribution in [0.3, 0.4) is 0 Å². The molecule has 0 spiro atoms. The maximum absolute atomic E-state index is 5.59. The molecule has 0 atom stereocenters. The molecule has 0 aliphatic rings. The summed E-state index contributed by atoms with van der Waals surface area (Å²) in [6.07, 6.45) is 1.73. The number of hydrogen-bond acceptors (Lipinski definition) is 3. The van der Waals surface area contributed by atoms with Crippen molar-refractivity contribution in [2.24, 2.45) is 0 Å². The first-order chi connectivity index (χ1) is 8.58. The van der Waals surface area contributed by atoms with Crippen LogP contribution >= 0.6 is 0 Å². The Morgan fingerprint density at radius 2 is 1.89 bits per heavy atom. The Morgan fingerprint density at radius 1 is 1.22 bits per heavy atom. The second-order valence-corrected chi connectivity index (χ2v) is 4.95. The van der Waals surface area contributed by atoms with Crippen molar-refractivity contribution in [2.45, 2.75) is 40.3 Å². The van der Waals surface area contributed by atoms with Gasteiger partial charge < -0.3 is 9.73 Å². The number of aromatic nitrogens is 1. The highest BCUT2D eigenvalue weighted by Crippen LogP contribution is 2.26. The van der Waals surface area contributed by atoms with Gasteiger partial charge in [0.25, 0.3) is 0 Å². The van der Waals surface area contributed by atoms with Crippen molar-refractivity contribution in [1.82, 2.24) is 10.3 Å². The van der Waals surface area contributed by atoms with E-state index in [-0.39, 0.29) is 0 Å². The number of oxazole rings is 1. The highest BCUT2D eigenvalue weighted by Gasteiger charge is 2.11. The van der Waals surface area contributed by atoms with Crippen molar-refractivity contribution >= 4 is 0 Å². The Morgan fingerprint density at radius 3 is 2.50 bits per heavy atom. The van der Waals surface area contributed by atoms with Crippen molar-refractivity contribution in [3.8, 4) is 11.5 Å². The van der Waals surface area contributed by atoms with Crippen molar-refractivity contribution in [3.63, 3.8) is 0 Å². The molecule has 2 rings (SSSR count). The van der Waals surface area contributed by atoms with Crippen LogP contribution in [0.2, 0.25) is 0 Å². The fourth-order valence-corrected chi connectivity index (χ4v) is 1.96. The van der Waals surface area contributed by atoms with Gasteiger partial charge in [0.1, 0.15) is 6.26 Å². The molecule has 0 amide bonds. The van der Waals surface area contributed by atoms with Crippen LogP contribution in [-0.2, 0) is 6.54 Å². The zero-order valence-corrected chi connectivity index (χ0v) is 11.4. The molecule has 0 fully saturated rings. The zero-order chi connectivity index (χ0) is 13.1. The third-order valence-corrected chi connectivity index (χ3v) is 2.94. The highest BCUT2D eigenvalue weighted by atomic mass is 16.3. The molecular weight excluding hydrogens is 224 g/mol. The van der Waals surface area contributed by atoms with Crippen LogP contribution in [0.1, 0.15) is 30.7 Å². The predicted octanol–water partition coefficient (Wildman–Crippen LogP) is 3.46. The number of benzene rings is 1. The summed E-state index contributed by atoms with van der Waals surface area (Å²) < 4.78 is 5.59. The van der Waals surface area contributed by atoms with Gasteiger partial charge in [-0.15, -0.1) is 0 Å². The summed E-state index contributed by atoms with van der Waals surface area (Å²) in [5, 5.41) is 3.33. The SMILES string of the molecule is Cc1cccc(C)c1-c1nc(CNC(C)C)co1. The lowest BCUT2D eigenvalue weighted by molar-refractivity contribution is 0.559. The Balaban J connectivity index is 2.24. The molecule has 3 heteroatoms. The van der Waals surface area contributed by atoms with Gasteiger partial charge in [0.15, 0.2) is 0 Å². The van der Waals surface area contributed by atoms with Gasteiger partial charge in [0.05, 0.1) is 5.69 Å². The summed E-state index contributed by atoms with van der Waals surface area (Å²) in [6, 6.07) is 6.67. The summed E-state index contributed by atoms with van der Waals surface area (Å²) in [4.78, 5) is 4.54. The number of rotatable bonds is 4. The average Bonchev–Trinajstić information content (AvgIpc) is 2.75. The average molecular weight is 244 g/mol. The first-order valence-corrected chi connectivity index (χ1v) is 6.32. The summed E-state index contributed by atoms with van der Waals surface area (Å²) in [6.45, 7) is 9.14. The van der Waals surface area contributed by atoms with Gasteiger partial charge in [-0.05, 0) is 25.0 Å². The maximum Gasteiger partial charge on any atom is 0.226 e. The van der Waals surface area contributed by atoms with Crippen LogP contribution in [0, 0.1) is 13.8 Å². The lowest BCUT2D eigenvalue weighted by atomic mass is 10.0. The zero-order valence-electron chi connectivity index (χ0n) is 11.4. The van der Waals surface area contributed by atoms with Crippen molar-refractivity contribution < 1.29 is 4.42 Å². The number of hydrogen-bond donors (Lipinski definition) is 1. The van der Waals surface area contributed by atoms with Crippen LogP contribution in [0.5, 0.6) is 0 Å². The summed E-state index contributed by atoms with van der Waals surface area (Å²) in [5.74, 6) is 0.714. The van der Waals surface area contributed by atoms with E-state index in [0.717, 1.165) is 17.8 Å². The second-order valence-electron chi connectivity index (χ2n) is 4.95. The topological polar surface area (TPSA) is 38.1 Å². The monoisotopic (exact) mass is 244 g/mol. The van der Waals surface area contributed by atoms with Crippen LogP contribution in [-0.4, -0.2) is 11.0 Å². The van der Waals surface area contributed by atoms with Gasteiger partial charge in [-0.2, -0.15) is 0 Å². The van der Waals surface area contributed by atoms with E-state index in [9.17, 15) is 0 Å². The van der Waals surface area contributed by atoms with E-state index in [1.54, 1.807) is 6.26 Å². The molecular formula is C15H20N2O. The number of nitrogens with zero attached hydrogens (tertiary/aromatic N) is 1. The van der Waals surface area contributed by atoms with E-state index >= 15 is 0 Å². The number of nitrogens with one attached hydrogen (secondary N) is 1. The fraction of sp³-hybridized carbons (Fsp3) is 0.400. The molecule has 0 saturated heterocycles. The number of aryl methyl sites for hydroxylation is 2. The van der Waals surface area contributed by atoms with Crippen LogP contribution in [0.4, 0.5) is 0 Å². The summed E-state index contributed by atoms with van der Waals surface area (Å²) in [5.41, 5.74) is 4.44. The minimum absolute atomic E-state index is 0.449. The van der Waals surface area contributed by atoms with E-state index in [1.165, 1.54) is 11.1 Å². The van der Waals surface area contributed by atoms with Gasteiger partial charge in [0.2, 0.25) is 5.89 Å². The van der Waals surface area contributed by atoms with Gasteiger partial charge >= 0.3 is 0 Å². The lowest BCUT2D eigenvalue weighted by Crippen LogP contribution is -2.21. The molecule has 0 bridgehead atoms. The standard InChI is InChI=1S/C15H20N2O/c1-10(2)16-8-13-9-18-15(17-13)14-11(3)6-5-7-12(14)4/h5-7,9-10,16H,8H2,1-4H3. The molecule has 1 N–H and O–H groups in total. The van der Waals surface area contributed by atoms with E-state index in [4.69, 9.17) is 4.42 Å². The molecule has 1 heterocycles. The third-order valence-electron chi connectivity index (χ3n) is 2.94. The van der Waals surface area contributed by atoms with Gasteiger partial charge in [-0.25, -0.2) is 4.98 Å². The van der Waals surface area contributed by atoms with Crippen molar-refractivity contribution in [2.75, 3.05) is 0 Å². The van der Waals surface area contributed by atoms with Crippen LogP contribution in [0.15, 0.2) is 28.9 Å². The molecule has 1 aromatic carbocycles. The summed E-state index contributed by atoms with van der Waals surface area (Å²) >= 11 is 0. The Kier molecular flexibility index (Phi) is 3.82. The van der Waals surface area contributed by atoms with Crippen molar-refractivity contribution in [1.29, 1.82) is 0 Å². The van der Waals surface area contributed by atoms with Crippen LogP contribution < -0.4 is 5.32 Å². The Hall–Kier alpha value is -1.61. The molecule has 3 nitrogen and oxygen atoms in total. The Labute approximate surface area is 108 Å². The van der Waals surface area contributed by atoms with Crippen LogP contribution in [0.25, 0.3) is 11.5 Å². The highest BCUT2D eigenvalue weighted by molar-refractivity contribution is 5.63. The van der Waals surface area contributed by atoms with Crippen molar-refractivity contribution in [3.05, 3.63) is 41.3 Å². The maximum atomic E-state index is 5.59. The molecule has 0 aliphatic heterocycles. The molecule has 1 aromatic heterocycles. The predicted molar refractivity (Wildman–Crippen MR) is 73.4 cm³/mol. The minimum Gasteiger partial charge on any atom is -0.444 e. The minimum atomic E-state index is 0.449. The fourth-order valence-electron chi connectivity index (χ4n) is 1.96. The first-order valence-electron chi connectivity index (χ1n) is 6.32. The van der Waals surface area contributed by atoms with E-state index in [0.29, 0.717) is 11.9 Å². The molecule has 18 heavy (non-hydrogen) atoms. The molecule has 0 unspecified atom stereocenters. The third kappa shape index (κ3) is 2.79. The van der Waals surface area contributed by atoms with Gasteiger partial charge in [-0.1, -0.05) is 32.0 Å². The van der Waals surface area contributed by atoms with E-state index < -0.39 is 0 Å². The molecule has 0 aliphatic carbocycles. The lowest BCUT2D eigenvalue weighted by Gasteiger charge is -2.05. The van der Waals surface area contributed by atoms with E-state index in [2.05, 4.69) is 56.2 Å². The molecule has 96 valence electrons. The quantitative estimate of drug-likeness (QED) is 0.895. The normalized spacial score (nSPS) is 11.2. The second kappa shape index (κ2) is 5.36. The first kappa shape index (κ1) is 12.8. The Bertz CT molecular complexity index is 509. The summed E-state index contributed by atoms with van der Waals surface area (Å²) in [7, 11) is 0. The molecule has 2 aromatic rings. The smallest absolute Gasteiger partial charge is 0.226 e. The van der Waals surface area contributed by atoms with Gasteiger partial charge in [-0.3, -0.25) is 0 Å².